The standard InChI is InChI=1S/C25H25NO5/c1-14-7-6-8-18-17(14)9-10-19-22(18)24(28)23(27)21-15(2)20(31-25(19)21)13-26(4)11-12-30-16(3)29-5/h6-10H,3,11-13H2,1-2,4-5H3. The van der Waals surface area contributed by atoms with Gasteiger partial charge in [0.1, 0.15) is 18.1 Å². The van der Waals surface area contributed by atoms with Gasteiger partial charge in [-0.25, -0.2) is 0 Å². The maximum Gasteiger partial charge on any atom is 0.271 e. The van der Waals surface area contributed by atoms with Crippen LogP contribution in [0.2, 0.25) is 0 Å². The highest BCUT2D eigenvalue weighted by molar-refractivity contribution is 6.54. The second kappa shape index (κ2) is 8.04. The molecule has 0 N–H and O–H groups in total. The molecule has 0 atom stereocenters. The minimum atomic E-state index is -0.508. The van der Waals surface area contributed by atoms with Crippen LogP contribution in [-0.4, -0.2) is 43.8 Å². The fraction of sp³-hybridized carbons (Fsp3) is 0.280. The Bertz CT molecular complexity index is 1220. The second-order valence-corrected chi connectivity index (χ2v) is 7.83. The number of hydrogen-bond acceptors (Lipinski definition) is 6. The SMILES string of the molecule is C=C(OC)OCCN(C)Cc1oc2c(c1C)C(=O)C(=O)c1c-2ccc2c(C)cccc12. The third-order valence-corrected chi connectivity index (χ3v) is 5.81. The molecule has 0 amide bonds. The van der Waals surface area contributed by atoms with E-state index in [1.165, 1.54) is 7.11 Å². The van der Waals surface area contributed by atoms with Crippen LogP contribution < -0.4 is 0 Å². The van der Waals surface area contributed by atoms with Crippen LogP contribution >= 0.6 is 0 Å². The number of methoxy groups -OCH3 is 1. The number of benzene rings is 2. The van der Waals surface area contributed by atoms with E-state index in [2.05, 4.69) is 6.58 Å². The summed E-state index contributed by atoms with van der Waals surface area (Å²) in [4.78, 5) is 28.1. The first-order valence-electron chi connectivity index (χ1n) is 10.1. The van der Waals surface area contributed by atoms with Gasteiger partial charge in [0.05, 0.1) is 19.2 Å². The minimum absolute atomic E-state index is 0.265. The third-order valence-electron chi connectivity index (χ3n) is 5.81. The lowest BCUT2D eigenvalue weighted by Gasteiger charge is -2.16. The molecule has 0 radical (unpaired) electrons. The van der Waals surface area contributed by atoms with E-state index in [4.69, 9.17) is 13.9 Å². The summed E-state index contributed by atoms with van der Waals surface area (Å²) >= 11 is 0. The fourth-order valence-corrected chi connectivity index (χ4v) is 4.05. The number of Topliss-reactive ketones (excluding diaryl/α,β-unsaturated/α-hetero) is 2. The number of carbonyl (C=O) groups excluding carboxylic acids is 2. The van der Waals surface area contributed by atoms with E-state index in [9.17, 15) is 9.59 Å². The Morgan fingerprint density at radius 2 is 1.81 bits per heavy atom. The van der Waals surface area contributed by atoms with E-state index in [1.54, 1.807) is 0 Å². The Kier molecular flexibility index (Phi) is 5.41. The van der Waals surface area contributed by atoms with Crippen molar-refractivity contribution in [2.45, 2.75) is 20.4 Å². The van der Waals surface area contributed by atoms with Gasteiger partial charge in [-0.1, -0.05) is 24.3 Å². The van der Waals surface area contributed by atoms with Crippen molar-refractivity contribution < 1.29 is 23.5 Å². The van der Waals surface area contributed by atoms with Crippen LogP contribution in [-0.2, 0) is 16.0 Å². The molecule has 1 aliphatic rings. The van der Waals surface area contributed by atoms with E-state index in [-0.39, 0.29) is 5.95 Å². The number of ether oxygens (including phenoxy) is 2. The number of carbonyl (C=O) groups is 2. The van der Waals surface area contributed by atoms with Gasteiger partial charge in [0, 0.05) is 23.2 Å². The molecule has 0 spiro atoms. The molecular formula is C25H25NO5. The summed E-state index contributed by atoms with van der Waals surface area (Å²) in [5.41, 5.74) is 3.24. The van der Waals surface area contributed by atoms with Crippen molar-refractivity contribution >= 4 is 22.3 Å². The highest BCUT2D eigenvalue weighted by Crippen LogP contribution is 2.41. The normalized spacial score (nSPS) is 12.8. The van der Waals surface area contributed by atoms with E-state index in [0.717, 1.165) is 16.3 Å². The van der Waals surface area contributed by atoms with Gasteiger partial charge in [-0.15, -0.1) is 0 Å². The van der Waals surface area contributed by atoms with Gasteiger partial charge in [-0.2, -0.15) is 0 Å². The molecule has 0 saturated heterocycles. The lowest BCUT2D eigenvalue weighted by molar-refractivity contribution is 0.0528. The lowest BCUT2D eigenvalue weighted by atomic mass is 9.83. The van der Waals surface area contributed by atoms with Crippen molar-refractivity contribution in [1.29, 1.82) is 0 Å². The second-order valence-electron chi connectivity index (χ2n) is 7.83. The summed E-state index contributed by atoms with van der Waals surface area (Å²) in [7, 11) is 3.43. The third kappa shape index (κ3) is 3.53. The van der Waals surface area contributed by atoms with Crippen LogP contribution in [0.5, 0.6) is 0 Å². The van der Waals surface area contributed by atoms with E-state index < -0.39 is 11.6 Å². The van der Waals surface area contributed by atoms with E-state index >= 15 is 0 Å². The van der Waals surface area contributed by atoms with Crippen molar-refractivity contribution in [2.24, 2.45) is 0 Å². The maximum absolute atomic E-state index is 13.1. The zero-order valence-corrected chi connectivity index (χ0v) is 18.2. The number of ketones is 2. The summed E-state index contributed by atoms with van der Waals surface area (Å²) in [5, 5.41) is 1.75. The van der Waals surface area contributed by atoms with Gasteiger partial charge < -0.3 is 13.9 Å². The molecule has 0 saturated carbocycles. The van der Waals surface area contributed by atoms with E-state index in [0.29, 0.717) is 53.5 Å². The zero-order valence-electron chi connectivity index (χ0n) is 18.2. The number of hydrogen-bond donors (Lipinski definition) is 0. The molecular weight excluding hydrogens is 394 g/mol. The van der Waals surface area contributed by atoms with Crippen molar-refractivity contribution in [3.8, 4) is 11.3 Å². The molecule has 1 heterocycles. The number of nitrogens with zero attached hydrogens (tertiary/aromatic N) is 1. The Morgan fingerprint density at radius 3 is 2.55 bits per heavy atom. The summed E-state index contributed by atoms with van der Waals surface area (Å²) in [5.74, 6) is 0.422. The molecule has 6 heteroatoms. The first kappa shape index (κ1) is 20.9. The van der Waals surface area contributed by atoms with Crippen LogP contribution in [0.15, 0.2) is 47.3 Å². The number of aryl methyl sites for hydroxylation is 1. The Hall–Kier alpha value is -3.38. The van der Waals surface area contributed by atoms with Gasteiger partial charge in [-0.3, -0.25) is 14.5 Å². The summed E-state index contributed by atoms with van der Waals surface area (Å²) in [6.07, 6.45) is 0. The van der Waals surface area contributed by atoms with Crippen molar-refractivity contribution in [3.05, 3.63) is 70.9 Å². The van der Waals surface area contributed by atoms with Crippen LogP contribution in [0.3, 0.4) is 0 Å². The number of fused-ring (bicyclic) bond motifs is 5. The monoisotopic (exact) mass is 419 g/mol. The van der Waals surface area contributed by atoms with Gasteiger partial charge in [-0.05, 0) is 49.9 Å². The molecule has 0 bridgehead atoms. The van der Waals surface area contributed by atoms with Gasteiger partial charge in [0.25, 0.3) is 5.95 Å². The van der Waals surface area contributed by atoms with Gasteiger partial charge in [0.2, 0.25) is 11.6 Å². The Morgan fingerprint density at radius 1 is 1.06 bits per heavy atom. The van der Waals surface area contributed by atoms with Gasteiger partial charge >= 0.3 is 0 Å². The highest BCUT2D eigenvalue weighted by atomic mass is 16.7. The molecule has 4 rings (SSSR count). The van der Waals surface area contributed by atoms with Crippen molar-refractivity contribution in [1.82, 2.24) is 4.90 Å². The van der Waals surface area contributed by atoms with Crippen LogP contribution in [0.4, 0.5) is 0 Å². The molecule has 1 aliphatic carbocycles. The minimum Gasteiger partial charge on any atom is -0.469 e. The summed E-state index contributed by atoms with van der Waals surface area (Å²) in [6.45, 7) is 8.95. The van der Waals surface area contributed by atoms with E-state index in [1.807, 2.05) is 56.1 Å². The smallest absolute Gasteiger partial charge is 0.271 e. The largest absolute Gasteiger partial charge is 0.469 e. The fourth-order valence-electron chi connectivity index (χ4n) is 4.05. The van der Waals surface area contributed by atoms with Crippen LogP contribution in [0.25, 0.3) is 22.1 Å². The van der Waals surface area contributed by atoms with Crippen LogP contribution in [0, 0.1) is 13.8 Å². The highest BCUT2D eigenvalue weighted by Gasteiger charge is 2.37. The molecule has 6 nitrogen and oxygen atoms in total. The maximum atomic E-state index is 13.1. The quantitative estimate of drug-likeness (QED) is 0.410. The Labute approximate surface area is 181 Å². The first-order chi connectivity index (χ1) is 14.8. The molecule has 3 aromatic rings. The first-order valence-corrected chi connectivity index (χ1v) is 10.1. The molecule has 0 unspecified atom stereocenters. The average Bonchev–Trinajstić information content (AvgIpc) is 3.07. The van der Waals surface area contributed by atoms with Crippen LogP contribution in [0.1, 0.15) is 37.6 Å². The number of likely N-dealkylation sites (N-methyl/N-ethyl adjacent to an activating group) is 1. The molecule has 0 fully saturated rings. The predicted molar refractivity (Wildman–Crippen MR) is 118 cm³/mol. The average molecular weight is 419 g/mol. The van der Waals surface area contributed by atoms with Gasteiger partial charge in [0.15, 0.2) is 0 Å². The summed E-state index contributed by atoms with van der Waals surface area (Å²) < 4.78 is 16.4. The number of rotatable bonds is 7. The topological polar surface area (TPSA) is 69.0 Å². The predicted octanol–water partition coefficient (Wildman–Crippen LogP) is 4.66. The summed E-state index contributed by atoms with van der Waals surface area (Å²) in [6, 6.07) is 9.65. The Balaban J connectivity index is 1.70. The molecule has 2 aromatic carbocycles. The molecule has 160 valence electrons. The van der Waals surface area contributed by atoms with Crippen molar-refractivity contribution in [3.63, 3.8) is 0 Å². The molecule has 1 aromatic heterocycles. The number of furan rings is 1. The lowest BCUT2D eigenvalue weighted by Crippen LogP contribution is -2.23. The zero-order chi connectivity index (χ0) is 22.3. The van der Waals surface area contributed by atoms with Crippen molar-refractivity contribution in [2.75, 3.05) is 27.3 Å². The molecule has 31 heavy (non-hydrogen) atoms. The molecule has 0 aliphatic heterocycles.